The lowest BCUT2D eigenvalue weighted by molar-refractivity contribution is 0.201. The zero-order valence-electron chi connectivity index (χ0n) is 10.8. The summed E-state index contributed by atoms with van der Waals surface area (Å²) in [5.74, 6) is 3.03. The quantitative estimate of drug-likeness (QED) is 0.727. The Morgan fingerprint density at radius 2 is 2.06 bits per heavy atom. The summed E-state index contributed by atoms with van der Waals surface area (Å²) in [4.78, 5) is 0. The van der Waals surface area contributed by atoms with E-state index >= 15 is 0 Å². The van der Waals surface area contributed by atoms with Crippen LogP contribution in [0.2, 0.25) is 0 Å². The van der Waals surface area contributed by atoms with Gasteiger partial charge in [-0.1, -0.05) is 20.3 Å². The first-order valence-corrected chi connectivity index (χ1v) is 6.92. The summed E-state index contributed by atoms with van der Waals surface area (Å²) < 4.78 is 0. The molecular weight excluding hydrogens is 198 g/mol. The third kappa shape index (κ3) is 2.98. The Kier molecular flexibility index (Phi) is 3.91. The first kappa shape index (κ1) is 12.4. The SMILES string of the molecule is CC(C)(CCO)CNCC1CC2CCC1C2. The molecule has 0 aromatic carbocycles. The molecule has 0 aromatic rings. The third-order valence-corrected chi connectivity index (χ3v) is 4.68. The average molecular weight is 225 g/mol. The molecule has 94 valence electrons. The molecule has 2 fully saturated rings. The highest BCUT2D eigenvalue weighted by atomic mass is 16.3. The molecule has 0 aromatic heterocycles. The van der Waals surface area contributed by atoms with Crippen LogP contribution in [-0.2, 0) is 0 Å². The van der Waals surface area contributed by atoms with Gasteiger partial charge in [0.25, 0.3) is 0 Å². The molecule has 2 nitrogen and oxygen atoms in total. The van der Waals surface area contributed by atoms with Gasteiger partial charge in [0.1, 0.15) is 0 Å². The summed E-state index contributed by atoms with van der Waals surface area (Å²) in [6.45, 7) is 7.02. The van der Waals surface area contributed by atoms with E-state index in [-0.39, 0.29) is 5.41 Å². The zero-order valence-corrected chi connectivity index (χ0v) is 10.8. The van der Waals surface area contributed by atoms with Crippen molar-refractivity contribution in [3.05, 3.63) is 0 Å². The van der Waals surface area contributed by atoms with Crippen molar-refractivity contribution in [1.29, 1.82) is 0 Å². The molecular formula is C14H27NO. The molecule has 2 saturated carbocycles. The summed E-state index contributed by atoms with van der Waals surface area (Å²) in [6, 6.07) is 0. The number of rotatable bonds is 6. The van der Waals surface area contributed by atoms with Crippen molar-refractivity contribution in [3.8, 4) is 0 Å². The molecule has 0 heterocycles. The van der Waals surface area contributed by atoms with E-state index in [1.165, 1.54) is 32.2 Å². The van der Waals surface area contributed by atoms with Gasteiger partial charge in [0, 0.05) is 13.2 Å². The molecule has 2 N–H and O–H groups in total. The minimum Gasteiger partial charge on any atom is -0.396 e. The Morgan fingerprint density at radius 3 is 2.62 bits per heavy atom. The molecule has 0 radical (unpaired) electrons. The summed E-state index contributed by atoms with van der Waals surface area (Å²) in [5.41, 5.74) is 0.242. The van der Waals surface area contributed by atoms with Crippen LogP contribution >= 0.6 is 0 Å². The second-order valence-corrected chi connectivity index (χ2v) is 6.70. The monoisotopic (exact) mass is 225 g/mol. The largest absolute Gasteiger partial charge is 0.396 e. The van der Waals surface area contributed by atoms with Gasteiger partial charge in [-0.3, -0.25) is 0 Å². The maximum Gasteiger partial charge on any atom is 0.0436 e. The molecule has 0 spiro atoms. The van der Waals surface area contributed by atoms with Crippen molar-refractivity contribution in [2.75, 3.05) is 19.7 Å². The highest BCUT2D eigenvalue weighted by Gasteiger charge is 2.39. The van der Waals surface area contributed by atoms with Gasteiger partial charge in [0.2, 0.25) is 0 Å². The van der Waals surface area contributed by atoms with Crippen LogP contribution in [0.4, 0.5) is 0 Å². The Morgan fingerprint density at radius 1 is 1.25 bits per heavy atom. The van der Waals surface area contributed by atoms with Gasteiger partial charge in [0.05, 0.1) is 0 Å². The van der Waals surface area contributed by atoms with E-state index in [9.17, 15) is 0 Å². The van der Waals surface area contributed by atoms with Gasteiger partial charge in [-0.05, 0) is 55.4 Å². The summed E-state index contributed by atoms with van der Waals surface area (Å²) in [7, 11) is 0. The topological polar surface area (TPSA) is 32.3 Å². The zero-order chi connectivity index (χ0) is 11.6. The predicted molar refractivity (Wildman–Crippen MR) is 67.3 cm³/mol. The lowest BCUT2D eigenvalue weighted by Gasteiger charge is -2.27. The van der Waals surface area contributed by atoms with Crippen molar-refractivity contribution < 1.29 is 5.11 Å². The number of aliphatic hydroxyl groups excluding tert-OH is 1. The van der Waals surface area contributed by atoms with Crippen LogP contribution < -0.4 is 5.32 Å². The van der Waals surface area contributed by atoms with Crippen LogP contribution in [0.3, 0.4) is 0 Å². The minimum atomic E-state index is 0.242. The van der Waals surface area contributed by atoms with Gasteiger partial charge >= 0.3 is 0 Å². The fourth-order valence-corrected chi connectivity index (χ4v) is 3.61. The second kappa shape index (κ2) is 5.05. The molecule has 2 heteroatoms. The molecule has 3 atom stereocenters. The standard InChI is InChI=1S/C14H27NO/c1-14(2,5-6-16)10-15-9-13-8-11-3-4-12(13)7-11/h11-13,15-16H,3-10H2,1-2H3. The van der Waals surface area contributed by atoms with Gasteiger partial charge in [-0.25, -0.2) is 0 Å². The highest BCUT2D eigenvalue weighted by molar-refractivity contribution is 4.91. The van der Waals surface area contributed by atoms with Crippen LogP contribution in [0.1, 0.15) is 46.0 Å². The van der Waals surface area contributed by atoms with Crippen LogP contribution in [0.25, 0.3) is 0 Å². The number of aliphatic hydroxyl groups is 1. The van der Waals surface area contributed by atoms with E-state index in [1.54, 1.807) is 0 Å². The van der Waals surface area contributed by atoms with Crippen molar-refractivity contribution in [3.63, 3.8) is 0 Å². The van der Waals surface area contributed by atoms with Crippen molar-refractivity contribution in [1.82, 2.24) is 5.32 Å². The number of hydrogen-bond donors (Lipinski definition) is 2. The van der Waals surface area contributed by atoms with Crippen LogP contribution in [0.15, 0.2) is 0 Å². The van der Waals surface area contributed by atoms with Crippen LogP contribution in [0.5, 0.6) is 0 Å². The van der Waals surface area contributed by atoms with Gasteiger partial charge < -0.3 is 10.4 Å². The Balaban J connectivity index is 1.65. The molecule has 2 rings (SSSR count). The fraction of sp³-hybridized carbons (Fsp3) is 1.00. The number of nitrogens with one attached hydrogen (secondary N) is 1. The molecule has 2 aliphatic rings. The maximum absolute atomic E-state index is 8.97. The first-order valence-electron chi connectivity index (χ1n) is 6.92. The highest BCUT2D eigenvalue weighted by Crippen LogP contribution is 2.47. The Bertz CT molecular complexity index is 227. The lowest BCUT2D eigenvalue weighted by Crippen LogP contribution is -2.34. The maximum atomic E-state index is 8.97. The minimum absolute atomic E-state index is 0.242. The molecule has 0 amide bonds. The third-order valence-electron chi connectivity index (χ3n) is 4.68. The summed E-state index contributed by atoms with van der Waals surface area (Å²) in [6.07, 6.45) is 6.86. The van der Waals surface area contributed by atoms with E-state index in [4.69, 9.17) is 5.11 Å². The molecule has 2 aliphatic carbocycles. The van der Waals surface area contributed by atoms with Gasteiger partial charge in [0.15, 0.2) is 0 Å². The van der Waals surface area contributed by atoms with Crippen molar-refractivity contribution in [2.24, 2.45) is 23.2 Å². The number of fused-ring (bicyclic) bond motifs is 2. The van der Waals surface area contributed by atoms with E-state index in [0.717, 1.165) is 30.7 Å². The van der Waals surface area contributed by atoms with Gasteiger partial charge in [-0.15, -0.1) is 0 Å². The van der Waals surface area contributed by atoms with Gasteiger partial charge in [-0.2, -0.15) is 0 Å². The summed E-state index contributed by atoms with van der Waals surface area (Å²) in [5, 5.41) is 12.6. The molecule has 16 heavy (non-hydrogen) atoms. The van der Waals surface area contributed by atoms with Crippen LogP contribution in [0, 0.1) is 23.2 Å². The van der Waals surface area contributed by atoms with Crippen molar-refractivity contribution in [2.45, 2.75) is 46.0 Å². The molecule has 2 bridgehead atoms. The molecule has 0 saturated heterocycles. The number of hydrogen-bond acceptors (Lipinski definition) is 2. The Labute approximate surface area is 99.8 Å². The Hall–Kier alpha value is -0.0800. The van der Waals surface area contributed by atoms with E-state index in [1.807, 2.05) is 0 Å². The average Bonchev–Trinajstić information content (AvgIpc) is 2.78. The van der Waals surface area contributed by atoms with E-state index < -0.39 is 0 Å². The van der Waals surface area contributed by atoms with E-state index in [2.05, 4.69) is 19.2 Å². The van der Waals surface area contributed by atoms with Crippen molar-refractivity contribution >= 4 is 0 Å². The summed E-state index contributed by atoms with van der Waals surface area (Å²) >= 11 is 0. The lowest BCUT2D eigenvalue weighted by atomic mass is 9.87. The van der Waals surface area contributed by atoms with E-state index in [0.29, 0.717) is 6.61 Å². The fourth-order valence-electron chi connectivity index (χ4n) is 3.61. The first-order chi connectivity index (χ1) is 7.61. The molecule has 0 aliphatic heterocycles. The van der Waals surface area contributed by atoms with Crippen LogP contribution in [-0.4, -0.2) is 24.8 Å². The normalized spacial score (nSPS) is 33.6. The predicted octanol–water partition coefficient (Wildman–Crippen LogP) is 2.42. The smallest absolute Gasteiger partial charge is 0.0436 e. The molecule has 3 unspecified atom stereocenters. The second-order valence-electron chi connectivity index (χ2n) is 6.70.